The van der Waals surface area contributed by atoms with Crippen LogP contribution < -0.4 is 10.6 Å². The number of sulfonamides is 1. The second kappa shape index (κ2) is 5.40. The number of nitrogens with zero attached hydrogens (tertiary/aromatic N) is 1. The predicted octanol–water partition coefficient (Wildman–Crippen LogP) is 0.189. The maximum atomic E-state index is 12.8. The van der Waals surface area contributed by atoms with Crippen LogP contribution in [0.5, 0.6) is 0 Å². The highest BCUT2D eigenvalue weighted by molar-refractivity contribution is 7.89. The van der Waals surface area contributed by atoms with E-state index in [1.165, 1.54) is 4.31 Å². The molecule has 1 fully saturated rings. The van der Waals surface area contributed by atoms with Gasteiger partial charge in [-0.2, -0.15) is 4.31 Å². The number of nitrogens with one attached hydrogen (secondary N) is 2. The third kappa shape index (κ3) is 2.45. The molecule has 6 nitrogen and oxygen atoms in total. The lowest BCUT2D eigenvalue weighted by atomic mass is 10.1. The molecular weight excluding hydrogens is 290 g/mol. The molecule has 2 aliphatic rings. The molecule has 1 amide bonds. The maximum absolute atomic E-state index is 12.8. The molecule has 1 aromatic carbocycles. The van der Waals surface area contributed by atoms with Crippen molar-refractivity contribution >= 4 is 15.9 Å². The molecule has 114 valence electrons. The van der Waals surface area contributed by atoms with E-state index in [1.807, 2.05) is 13.0 Å². The number of hydrogen-bond acceptors (Lipinski definition) is 4. The molecule has 2 N–H and O–H groups in total. The highest BCUT2D eigenvalue weighted by atomic mass is 32.2. The van der Waals surface area contributed by atoms with Gasteiger partial charge in [0.1, 0.15) is 6.04 Å². The summed E-state index contributed by atoms with van der Waals surface area (Å²) < 4.78 is 27.0. The van der Waals surface area contributed by atoms with Crippen LogP contribution in [0.2, 0.25) is 0 Å². The molecule has 0 aromatic heterocycles. The van der Waals surface area contributed by atoms with Gasteiger partial charge in [0, 0.05) is 26.2 Å². The van der Waals surface area contributed by atoms with Gasteiger partial charge in [0.15, 0.2) is 0 Å². The summed E-state index contributed by atoms with van der Waals surface area (Å²) in [4.78, 5) is 12.1. The van der Waals surface area contributed by atoms with Gasteiger partial charge in [0.25, 0.3) is 0 Å². The number of piperazine rings is 1. The molecule has 2 heterocycles. The van der Waals surface area contributed by atoms with E-state index in [0.717, 1.165) is 17.7 Å². The highest BCUT2D eigenvalue weighted by Crippen LogP contribution is 2.25. The molecule has 1 saturated heterocycles. The van der Waals surface area contributed by atoms with Crippen molar-refractivity contribution in [3.05, 3.63) is 29.3 Å². The Bertz CT molecular complexity index is 672. The fourth-order valence-corrected chi connectivity index (χ4v) is 4.65. The molecule has 1 atom stereocenters. The van der Waals surface area contributed by atoms with Gasteiger partial charge < -0.3 is 10.6 Å². The van der Waals surface area contributed by atoms with E-state index in [-0.39, 0.29) is 10.8 Å². The summed E-state index contributed by atoms with van der Waals surface area (Å²) in [6.07, 6.45) is 0.470. The van der Waals surface area contributed by atoms with Crippen LogP contribution in [0.15, 0.2) is 23.1 Å². The van der Waals surface area contributed by atoms with Gasteiger partial charge in [-0.25, -0.2) is 8.42 Å². The van der Waals surface area contributed by atoms with E-state index in [9.17, 15) is 13.2 Å². The lowest BCUT2D eigenvalue weighted by Crippen LogP contribution is -2.56. The summed E-state index contributed by atoms with van der Waals surface area (Å²) in [6.45, 7) is 3.98. The van der Waals surface area contributed by atoms with Crippen molar-refractivity contribution in [2.45, 2.75) is 37.4 Å². The molecule has 0 radical (unpaired) electrons. The monoisotopic (exact) mass is 309 g/mol. The Morgan fingerprint density at radius 2 is 2.05 bits per heavy atom. The Hall–Kier alpha value is -1.44. The van der Waals surface area contributed by atoms with Gasteiger partial charge in [-0.3, -0.25) is 4.79 Å². The van der Waals surface area contributed by atoms with Crippen molar-refractivity contribution < 1.29 is 13.2 Å². The third-order valence-corrected chi connectivity index (χ3v) is 5.99. The van der Waals surface area contributed by atoms with Crippen LogP contribution in [0.3, 0.4) is 0 Å². The Kier molecular flexibility index (Phi) is 3.73. The van der Waals surface area contributed by atoms with Crippen LogP contribution >= 0.6 is 0 Å². The number of carbonyl (C=O) groups excluding carboxylic acids is 1. The molecule has 0 spiro atoms. The average Bonchev–Trinajstić information content (AvgIpc) is 2.94. The fraction of sp³-hybridized carbons (Fsp3) is 0.500. The van der Waals surface area contributed by atoms with Gasteiger partial charge in [0.05, 0.1) is 4.90 Å². The molecule has 2 aliphatic heterocycles. The first kappa shape index (κ1) is 14.5. The Morgan fingerprint density at radius 3 is 2.81 bits per heavy atom. The smallest absolute Gasteiger partial charge is 0.243 e. The van der Waals surface area contributed by atoms with Crippen LogP contribution in [0.4, 0.5) is 0 Å². The van der Waals surface area contributed by atoms with Crippen LogP contribution in [0, 0.1) is 0 Å². The van der Waals surface area contributed by atoms with Crippen molar-refractivity contribution in [1.82, 2.24) is 14.9 Å². The Labute approximate surface area is 124 Å². The summed E-state index contributed by atoms with van der Waals surface area (Å²) in [5.74, 6) is -0.213. The van der Waals surface area contributed by atoms with Gasteiger partial charge in [-0.05, 0) is 29.7 Å². The second-order valence-corrected chi connectivity index (χ2v) is 7.26. The second-order valence-electron chi connectivity index (χ2n) is 5.36. The number of hydrogen-bond donors (Lipinski definition) is 2. The SMILES string of the molecule is CCC1C(=O)NCCN1S(=O)(=O)c1ccc2c(c1)CNC2. The van der Waals surface area contributed by atoms with Crippen molar-refractivity contribution in [2.75, 3.05) is 13.1 Å². The largest absolute Gasteiger partial charge is 0.353 e. The van der Waals surface area contributed by atoms with E-state index >= 15 is 0 Å². The van der Waals surface area contributed by atoms with E-state index in [4.69, 9.17) is 0 Å². The lowest BCUT2D eigenvalue weighted by molar-refractivity contribution is -0.126. The predicted molar refractivity (Wildman–Crippen MR) is 78.0 cm³/mol. The van der Waals surface area contributed by atoms with E-state index in [2.05, 4.69) is 10.6 Å². The van der Waals surface area contributed by atoms with Crippen LogP contribution in [-0.4, -0.2) is 37.8 Å². The zero-order chi connectivity index (χ0) is 15.0. The van der Waals surface area contributed by atoms with E-state index < -0.39 is 16.1 Å². The molecular formula is C14H19N3O3S. The first-order valence-electron chi connectivity index (χ1n) is 7.16. The molecule has 1 unspecified atom stereocenters. The van der Waals surface area contributed by atoms with Crippen molar-refractivity contribution in [3.63, 3.8) is 0 Å². The first-order chi connectivity index (χ1) is 10.0. The zero-order valence-corrected chi connectivity index (χ0v) is 12.7. The normalized spacial score (nSPS) is 22.9. The minimum absolute atomic E-state index is 0.213. The van der Waals surface area contributed by atoms with Gasteiger partial charge in [-0.15, -0.1) is 0 Å². The number of benzene rings is 1. The molecule has 21 heavy (non-hydrogen) atoms. The Morgan fingerprint density at radius 1 is 1.29 bits per heavy atom. The molecule has 7 heteroatoms. The molecule has 0 bridgehead atoms. The highest BCUT2D eigenvalue weighted by Gasteiger charge is 2.37. The number of rotatable bonds is 3. The summed E-state index contributed by atoms with van der Waals surface area (Å²) >= 11 is 0. The van der Waals surface area contributed by atoms with Crippen LogP contribution in [-0.2, 0) is 27.9 Å². The summed E-state index contributed by atoms with van der Waals surface area (Å²) in [5.41, 5.74) is 2.16. The quantitative estimate of drug-likeness (QED) is 0.835. The first-order valence-corrected chi connectivity index (χ1v) is 8.60. The van der Waals surface area contributed by atoms with Gasteiger partial charge in [0.2, 0.25) is 15.9 Å². The minimum atomic E-state index is -3.63. The van der Waals surface area contributed by atoms with Crippen molar-refractivity contribution in [3.8, 4) is 0 Å². The average molecular weight is 309 g/mol. The van der Waals surface area contributed by atoms with Crippen LogP contribution in [0.25, 0.3) is 0 Å². The van der Waals surface area contributed by atoms with Crippen molar-refractivity contribution in [1.29, 1.82) is 0 Å². The molecule has 0 saturated carbocycles. The maximum Gasteiger partial charge on any atom is 0.243 e. The number of fused-ring (bicyclic) bond motifs is 1. The molecule has 0 aliphatic carbocycles. The third-order valence-electron chi connectivity index (χ3n) is 4.08. The minimum Gasteiger partial charge on any atom is -0.353 e. The molecule has 1 aromatic rings. The fourth-order valence-electron chi connectivity index (χ4n) is 2.94. The topological polar surface area (TPSA) is 78.5 Å². The van der Waals surface area contributed by atoms with E-state index in [1.54, 1.807) is 12.1 Å². The summed E-state index contributed by atoms with van der Waals surface area (Å²) in [6, 6.07) is 4.60. The van der Waals surface area contributed by atoms with Crippen LogP contribution in [0.1, 0.15) is 24.5 Å². The lowest BCUT2D eigenvalue weighted by Gasteiger charge is -2.33. The van der Waals surface area contributed by atoms with Crippen molar-refractivity contribution in [2.24, 2.45) is 0 Å². The van der Waals surface area contributed by atoms with Gasteiger partial charge in [-0.1, -0.05) is 13.0 Å². The Balaban J connectivity index is 1.97. The van der Waals surface area contributed by atoms with E-state index in [0.29, 0.717) is 26.1 Å². The summed E-state index contributed by atoms with van der Waals surface area (Å²) in [5, 5.41) is 5.92. The zero-order valence-electron chi connectivity index (χ0n) is 11.9. The number of amides is 1. The standard InChI is InChI=1S/C14H19N3O3S/c1-2-13-14(18)16-5-6-17(13)21(19,20)12-4-3-10-8-15-9-11(10)7-12/h3-4,7,13,15H,2,5-6,8-9H2,1H3,(H,16,18). The summed E-state index contributed by atoms with van der Waals surface area (Å²) in [7, 11) is -3.63. The molecule has 3 rings (SSSR count). The number of carbonyl (C=O) groups is 1. The van der Waals surface area contributed by atoms with Gasteiger partial charge >= 0.3 is 0 Å².